The van der Waals surface area contributed by atoms with Gasteiger partial charge in [-0.05, 0) is 42.0 Å². The lowest BCUT2D eigenvalue weighted by molar-refractivity contribution is -0.308. The molecule has 1 aromatic carbocycles. The Morgan fingerprint density at radius 2 is 2.17 bits per heavy atom. The molecule has 5 heteroatoms. The Morgan fingerprint density at radius 3 is 2.87 bits per heavy atom. The van der Waals surface area contributed by atoms with Crippen LogP contribution in [0, 0.1) is 11.8 Å². The molecule has 0 amide bonds. The predicted octanol–water partition coefficient (Wildman–Crippen LogP) is 1.70. The summed E-state index contributed by atoms with van der Waals surface area (Å²) >= 11 is 0. The van der Waals surface area contributed by atoms with Gasteiger partial charge in [0.05, 0.1) is 24.2 Å². The molecule has 0 radical (unpaired) electrons. The largest absolute Gasteiger partial charge is 0.548 e. The second-order valence-corrected chi connectivity index (χ2v) is 6.59. The third kappa shape index (κ3) is 2.96. The Hall–Kier alpha value is -2.30. The van der Waals surface area contributed by atoms with Gasteiger partial charge in [0.2, 0.25) is 0 Å². The van der Waals surface area contributed by atoms with Gasteiger partial charge >= 0.3 is 5.97 Å². The van der Waals surface area contributed by atoms with E-state index in [1.807, 2.05) is 32.1 Å². The smallest absolute Gasteiger partial charge is 0.338 e. The van der Waals surface area contributed by atoms with Crippen LogP contribution in [-0.2, 0) is 9.53 Å². The van der Waals surface area contributed by atoms with Crippen LogP contribution in [0.4, 0.5) is 5.69 Å². The number of rotatable bonds is 4. The maximum atomic E-state index is 12.1. The van der Waals surface area contributed by atoms with Crippen molar-refractivity contribution in [3.63, 3.8) is 0 Å². The van der Waals surface area contributed by atoms with E-state index in [0.29, 0.717) is 18.6 Å². The zero-order chi connectivity index (χ0) is 16.6. The van der Waals surface area contributed by atoms with E-state index in [4.69, 9.17) is 4.74 Å². The van der Waals surface area contributed by atoms with Gasteiger partial charge in [0.1, 0.15) is 0 Å². The summed E-state index contributed by atoms with van der Waals surface area (Å²) in [6.07, 6.45) is 4.70. The van der Waals surface area contributed by atoms with E-state index in [0.717, 1.165) is 11.3 Å². The zero-order valence-electron chi connectivity index (χ0n) is 13.2. The molecule has 1 heterocycles. The molecule has 1 N–H and O–H groups in total. The van der Waals surface area contributed by atoms with Crippen molar-refractivity contribution >= 4 is 17.6 Å². The molecule has 0 spiro atoms. The summed E-state index contributed by atoms with van der Waals surface area (Å²) in [5.74, 6) is -1.23. The zero-order valence-corrected chi connectivity index (χ0v) is 13.2. The number of ether oxygens (including phenoxy) is 1. The lowest BCUT2D eigenvalue weighted by Crippen LogP contribution is -2.48. The van der Waals surface area contributed by atoms with Crippen LogP contribution in [0.15, 0.2) is 30.4 Å². The molecule has 3 unspecified atom stereocenters. The maximum absolute atomic E-state index is 12.1. The summed E-state index contributed by atoms with van der Waals surface area (Å²) < 4.78 is 5.27. The molecule has 2 aliphatic rings. The number of hydrogen-bond donors (Lipinski definition) is 1. The molecule has 5 nitrogen and oxygen atoms in total. The number of nitrogens with one attached hydrogen (secondary N) is 1. The molecule has 23 heavy (non-hydrogen) atoms. The van der Waals surface area contributed by atoms with Crippen molar-refractivity contribution in [2.75, 3.05) is 11.9 Å². The van der Waals surface area contributed by atoms with Gasteiger partial charge in [0.15, 0.2) is 0 Å². The van der Waals surface area contributed by atoms with Gasteiger partial charge in [-0.2, -0.15) is 0 Å². The van der Waals surface area contributed by atoms with Gasteiger partial charge in [0.25, 0.3) is 0 Å². The Labute approximate surface area is 135 Å². The summed E-state index contributed by atoms with van der Waals surface area (Å²) in [4.78, 5) is 23.5. The molecule has 0 saturated carbocycles. The number of carbonyl (C=O) groups is 2. The molecule has 3 atom stereocenters. The summed E-state index contributed by atoms with van der Waals surface area (Å²) in [6, 6.07) is 4.52. The SMILES string of the molecule is CC(C)COC(=O)c1ccc2c(c1)C1C=CCC1C(C(=O)[O-])N2. The third-order valence-corrected chi connectivity index (χ3v) is 4.40. The monoisotopic (exact) mass is 314 g/mol. The molecule has 0 fully saturated rings. The summed E-state index contributed by atoms with van der Waals surface area (Å²) in [6.45, 7) is 4.35. The lowest BCUT2D eigenvalue weighted by atomic mass is 9.79. The van der Waals surface area contributed by atoms with Crippen molar-refractivity contribution in [3.05, 3.63) is 41.5 Å². The molecule has 122 valence electrons. The fraction of sp³-hybridized carbons (Fsp3) is 0.444. The number of benzene rings is 1. The van der Waals surface area contributed by atoms with Crippen molar-refractivity contribution in [1.82, 2.24) is 0 Å². The van der Waals surface area contributed by atoms with E-state index in [-0.39, 0.29) is 23.7 Å². The molecule has 0 aromatic heterocycles. The highest BCUT2D eigenvalue weighted by molar-refractivity contribution is 5.91. The number of esters is 1. The van der Waals surface area contributed by atoms with Crippen molar-refractivity contribution in [3.8, 4) is 0 Å². The number of carboxylic acid groups (broad SMARTS) is 1. The second kappa shape index (κ2) is 6.07. The summed E-state index contributed by atoms with van der Waals surface area (Å²) in [5.41, 5.74) is 2.19. The highest BCUT2D eigenvalue weighted by atomic mass is 16.5. The van der Waals surface area contributed by atoms with Crippen molar-refractivity contribution in [1.29, 1.82) is 0 Å². The fourth-order valence-electron chi connectivity index (χ4n) is 3.28. The van der Waals surface area contributed by atoms with Gasteiger partial charge in [-0.15, -0.1) is 0 Å². The first-order valence-electron chi connectivity index (χ1n) is 7.92. The molecule has 3 rings (SSSR count). The molecule has 1 aliphatic heterocycles. The number of carboxylic acids is 1. The normalized spacial score (nSPS) is 24.7. The van der Waals surface area contributed by atoms with Gasteiger partial charge in [-0.3, -0.25) is 0 Å². The van der Waals surface area contributed by atoms with Crippen LogP contribution in [0.5, 0.6) is 0 Å². The maximum Gasteiger partial charge on any atom is 0.338 e. The Balaban J connectivity index is 1.88. The Bertz CT molecular complexity index is 665. The molecule has 0 bridgehead atoms. The standard InChI is InChI=1S/C18H21NO4/c1-10(2)9-23-18(22)11-6-7-15-14(8-11)12-4-3-5-13(12)16(19-15)17(20)21/h3-4,6-8,10,12-13,16,19H,5,9H2,1-2H3,(H,20,21)/p-1. The minimum atomic E-state index is -1.09. The Morgan fingerprint density at radius 1 is 1.39 bits per heavy atom. The van der Waals surface area contributed by atoms with Crippen LogP contribution in [0.1, 0.15) is 42.1 Å². The molecular weight excluding hydrogens is 294 g/mol. The number of fused-ring (bicyclic) bond motifs is 3. The fourth-order valence-corrected chi connectivity index (χ4v) is 3.28. The van der Waals surface area contributed by atoms with Crippen molar-refractivity contribution in [2.24, 2.45) is 11.8 Å². The molecule has 0 saturated heterocycles. The van der Waals surface area contributed by atoms with Gasteiger partial charge < -0.3 is 20.0 Å². The second-order valence-electron chi connectivity index (χ2n) is 6.59. The topological polar surface area (TPSA) is 78.5 Å². The van der Waals surface area contributed by atoms with Crippen LogP contribution in [0.25, 0.3) is 0 Å². The number of carbonyl (C=O) groups excluding carboxylic acids is 2. The van der Waals surface area contributed by atoms with Gasteiger partial charge in [0, 0.05) is 11.6 Å². The number of anilines is 1. The van der Waals surface area contributed by atoms with E-state index >= 15 is 0 Å². The molecular formula is C18H20NO4-. The third-order valence-electron chi connectivity index (χ3n) is 4.40. The van der Waals surface area contributed by atoms with Crippen molar-refractivity contribution < 1.29 is 19.4 Å². The number of allylic oxidation sites excluding steroid dienone is 2. The summed E-state index contributed by atoms with van der Waals surface area (Å²) in [7, 11) is 0. The average Bonchev–Trinajstić information content (AvgIpc) is 3.00. The average molecular weight is 314 g/mol. The van der Waals surface area contributed by atoms with Gasteiger partial charge in [-0.1, -0.05) is 26.0 Å². The van der Waals surface area contributed by atoms with Crippen LogP contribution >= 0.6 is 0 Å². The highest BCUT2D eigenvalue weighted by Gasteiger charge is 2.38. The number of hydrogen-bond acceptors (Lipinski definition) is 5. The minimum absolute atomic E-state index is 0.00741. The van der Waals surface area contributed by atoms with E-state index in [9.17, 15) is 14.7 Å². The van der Waals surface area contributed by atoms with E-state index in [2.05, 4.69) is 5.32 Å². The first kappa shape index (κ1) is 15.6. The molecule has 1 aliphatic carbocycles. The van der Waals surface area contributed by atoms with E-state index < -0.39 is 12.0 Å². The van der Waals surface area contributed by atoms with Crippen LogP contribution in [-0.4, -0.2) is 24.6 Å². The molecule has 1 aromatic rings. The number of aliphatic carboxylic acids is 1. The summed E-state index contributed by atoms with van der Waals surface area (Å²) in [5, 5.41) is 14.4. The first-order valence-corrected chi connectivity index (χ1v) is 7.92. The van der Waals surface area contributed by atoms with E-state index in [1.54, 1.807) is 12.1 Å². The minimum Gasteiger partial charge on any atom is -0.548 e. The predicted molar refractivity (Wildman–Crippen MR) is 84.0 cm³/mol. The van der Waals surface area contributed by atoms with E-state index in [1.165, 1.54) is 0 Å². The van der Waals surface area contributed by atoms with Crippen LogP contribution in [0.2, 0.25) is 0 Å². The van der Waals surface area contributed by atoms with Crippen LogP contribution < -0.4 is 10.4 Å². The Kier molecular flexibility index (Phi) is 4.11. The van der Waals surface area contributed by atoms with Gasteiger partial charge in [-0.25, -0.2) is 4.79 Å². The van der Waals surface area contributed by atoms with Crippen molar-refractivity contribution in [2.45, 2.75) is 32.2 Å². The first-order chi connectivity index (χ1) is 11.0. The highest BCUT2D eigenvalue weighted by Crippen LogP contribution is 2.44. The lowest BCUT2D eigenvalue weighted by Gasteiger charge is -2.37. The van der Waals surface area contributed by atoms with Crippen LogP contribution in [0.3, 0.4) is 0 Å². The quantitative estimate of drug-likeness (QED) is 0.676.